The first-order valence-corrected chi connectivity index (χ1v) is 10.8. The van der Waals surface area contributed by atoms with Crippen molar-refractivity contribution in [2.24, 2.45) is 0 Å². The van der Waals surface area contributed by atoms with E-state index in [1.54, 1.807) is 23.1 Å². The molecule has 0 bridgehead atoms. The Hall–Kier alpha value is -3.52. The summed E-state index contributed by atoms with van der Waals surface area (Å²) in [6, 6.07) is 17.3. The number of hydrogen-bond acceptors (Lipinski definition) is 6. The second-order valence-corrected chi connectivity index (χ2v) is 7.83. The first kappa shape index (κ1) is 21.7. The molecule has 2 heterocycles. The molecule has 8 heteroatoms. The number of benzene rings is 2. The van der Waals surface area contributed by atoms with Gasteiger partial charge in [0.1, 0.15) is 5.69 Å². The molecule has 166 valence electrons. The van der Waals surface area contributed by atoms with Crippen LogP contribution in [0.3, 0.4) is 0 Å². The third-order valence-electron chi connectivity index (χ3n) is 5.67. The number of aromatic nitrogens is 3. The van der Waals surface area contributed by atoms with E-state index < -0.39 is 0 Å². The molecule has 1 unspecified atom stereocenters. The number of esters is 1. The van der Waals surface area contributed by atoms with Gasteiger partial charge in [-0.2, -0.15) is 15.0 Å². The molecule has 1 aliphatic rings. The van der Waals surface area contributed by atoms with Gasteiger partial charge in [-0.05, 0) is 49.2 Å². The van der Waals surface area contributed by atoms with Gasteiger partial charge in [-0.25, -0.2) is 4.79 Å². The van der Waals surface area contributed by atoms with E-state index in [4.69, 9.17) is 4.74 Å². The lowest BCUT2D eigenvalue weighted by Gasteiger charge is -2.24. The minimum atomic E-state index is -0.334. The molecule has 1 aromatic heterocycles. The lowest BCUT2D eigenvalue weighted by atomic mass is 10.1. The van der Waals surface area contributed by atoms with Crippen LogP contribution in [0, 0.1) is 0 Å². The standard InChI is InChI=1S/C24H27N5O3/c1-32-24(31)19-9-7-18(8-10-19)15-25-14-13-21-11-12-23(30)28(21)17-20-16-26-29(27-20)22-5-3-2-4-6-22/h2-10,16,21,25H,11-15,17H2,1H3. The molecule has 1 fully saturated rings. The molecule has 0 aliphatic carbocycles. The van der Waals surface area contributed by atoms with Gasteiger partial charge in [-0.3, -0.25) is 4.79 Å². The van der Waals surface area contributed by atoms with Crippen LogP contribution in [0.4, 0.5) is 0 Å². The number of nitrogens with zero attached hydrogens (tertiary/aromatic N) is 4. The fourth-order valence-electron chi connectivity index (χ4n) is 3.92. The molecule has 0 saturated carbocycles. The highest BCUT2D eigenvalue weighted by molar-refractivity contribution is 5.89. The molecule has 1 aliphatic heterocycles. The van der Waals surface area contributed by atoms with Crippen LogP contribution in [0.1, 0.15) is 40.9 Å². The van der Waals surface area contributed by atoms with Crippen LogP contribution in [0.2, 0.25) is 0 Å². The summed E-state index contributed by atoms with van der Waals surface area (Å²) in [6.07, 6.45) is 4.04. The van der Waals surface area contributed by atoms with Gasteiger partial charge in [0.25, 0.3) is 0 Å². The Morgan fingerprint density at radius 2 is 1.94 bits per heavy atom. The summed E-state index contributed by atoms with van der Waals surface area (Å²) in [6.45, 7) is 1.97. The quantitative estimate of drug-likeness (QED) is 0.412. The first-order valence-electron chi connectivity index (χ1n) is 10.8. The Balaban J connectivity index is 1.27. The number of methoxy groups -OCH3 is 1. The molecular formula is C24H27N5O3. The molecule has 3 aromatic rings. The smallest absolute Gasteiger partial charge is 0.337 e. The number of hydrogen-bond donors (Lipinski definition) is 1. The summed E-state index contributed by atoms with van der Waals surface area (Å²) >= 11 is 0. The van der Waals surface area contributed by atoms with E-state index in [0.717, 1.165) is 36.3 Å². The number of amides is 1. The van der Waals surface area contributed by atoms with E-state index in [-0.39, 0.29) is 17.9 Å². The number of rotatable bonds is 9. The summed E-state index contributed by atoms with van der Waals surface area (Å²) in [7, 11) is 1.38. The van der Waals surface area contributed by atoms with E-state index in [1.807, 2.05) is 47.4 Å². The maximum Gasteiger partial charge on any atom is 0.337 e. The second kappa shape index (κ2) is 10.2. The second-order valence-electron chi connectivity index (χ2n) is 7.83. The fraction of sp³-hybridized carbons (Fsp3) is 0.333. The Morgan fingerprint density at radius 1 is 1.16 bits per heavy atom. The molecule has 0 radical (unpaired) electrons. The molecule has 0 spiro atoms. The number of nitrogens with one attached hydrogen (secondary N) is 1. The Labute approximate surface area is 187 Å². The zero-order valence-electron chi connectivity index (χ0n) is 18.1. The van der Waals surface area contributed by atoms with Crippen molar-refractivity contribution >= 4 is 11.9 Å². The van der Waals surface area contributed by atoms with E-state index in [2.05, 4.69) is 15.5 Å². The van der Waals surface area contributed by atoms with Crippen molar-refractivity contribution in [3.05, 3.63) is 77.6 Å². The van der Waals surface area contributed by atoms with Gasteiger partial charge in [-0.1, -0.05) is 30.3 Å². The Morgan fingerprint density at radius 3 is 2.69 bits per heavy atom. The van der Waals surface area contributed by atoms with Crippen LogP contribution in [-0.2, 0) is 22.6 Å². The number of para-hydroxylation sites is 1. The summed E-state index contributed by atoms with van der Waals surface area (Å²) in [4.78, 5) is 27.5. The molecule has 1 amide bonds. The van der Waals surface area contributed by atoms with Crippen molar-refractivity contribution in [1.82, 2.24) is 25.2 Å². The SMILES string of the molecule is COC(=O)c1ccc(CNCCC2CCC(=O)N2Cc2cnn(-c3ccccc3)n2)cc1. The van der Waals surface area contributed by atoms with Gasteiger partial charge in [-0.15, -0.1) is 0 Å². The Kier molecular flexibility index (Phi) is 6.91. The topological polar surface area (TPSA) is 89.4 Å². The van der Waals surface area contributed by atoms with Gasteiger partial charge in [0.15, 0.2) is 0 Å². The van der Waals surface area contributed by atoms with Crippen LogP contribution in [-0.4, -0.2) is 51.5 Å². The van der Waals surface area contributed by atoms with Crippen LogP contribution in [0.25, 0.3) is 5.69 Å². The van der Waals surface area contributed by atoms with Crippen molar-refractivity contribution in [2.75, 3.05) is 13.7 Å². The Bertz CT molecular complexity index is 1050. The lowest BCUT2D eigenvalue weighted by molar-refractivity contribution is -0.129. The third kappa shape index (κ3) is 5.20. The van der Waals surface area contributed by atoms with Crippen molar-refractivity contribution in [3.8, 4) is 5.69 Å². The highest BCUT2D eigenvalue weighted by atomic mass is 16.5. The lowest BCUT2D eigenvalue weighted by Crippen LogP contribution is -2.34. The summed E-state index contributed by atoms with van der Waals surface area (Å²) < 4.78 is 4.72. The summed E-state index contributed by atoms with van der Waals surface area (Å²) in [5, 5.41) is 12.3. The maximum absolute atomic E-state index is 12.4. The zero-order valence-corrected chi connectivity index (χ0v) is 18.1. The molecule has 4 rings (SSSR count). The number of carbonyl (C=O) groups excluding carboxylic acids is 2. The maximum atomic E-state index is 12.4. The number of carbonyl (C=O) groups is 2. The fourth-order valence-corrected chi connectivity index (χ4v) is 3.92. The van der Waals surface area contributed by atoms with Gasteiger partial charge in [0, 0.05) is 19.0 Å². The minimum Gasteiger partial charge on any atom is -0.465 e. The molecule has 1 saturated heterocycles. The van der Waals surface area contributed by atoms with E-state index in [9.17, 15) is 9.59 Å². The van der Waals surface area contributed by atoms with E-state index >= 15 is 0 Å². The average Bonchev–Trinajstić information content (AvgIpc) is 3.44. The van der Waals surface area contributed by atoms with E-state index in [1.165, 1.54) is 7.11 Å². The number of ether oxygens (including phenoxy) is 1. The molecule has 8 nitrogen and oxygen atoms in total. The summed E-state index contributed by atoms with van der Waals surface area (Å²) in [5.41, 5.74) is 3.31. The van der Waals surface area contributed by atoms with Gasteiger partial charge in [0.05, 0.1) is 31.1 Å². The molecule has 1 N–H and O–H groups in total. The zero-order chi connectivity index (χ0) is 22.3. The van der Waals surface area contributed by atoms with Crippen molar-refractivity contribution in [2.45, 2.75) is 38.4 Å². The number of likely N-dealkylation sites (tertiary alicyclic amines) is 1. The molecule has 1 atom stereocenters. The summed E-state index contributed by atoms with van der Waals surface area (Å²) in [5.74, 6) is -0.165. The third-order valence-corrected chi connectivity index (χ3v) is 5.67. The van der Waals surface area contributed by atoms with Crippen LogP contribution in [0.15, 0.2) is 60.8 Å². The predicted octanol–water partition coefficient (Wildman–Crippen LogP) is 2.72. The van der Waals surface area contributed by atoms with Crippen molar-refractivity contribution < 1.29 is 14.3 Å². The molecule has 32 heavy (non-hydrogen) atoms. The monoisotopic (exact) mass is 433 g/mol. The molecular weight excluding hydrogens is 406 g/mol. The molecule has 2 aromatic carbocycles. The predicted molar refractivity (Wildman–Crippen MR) is 119 cm³/mol. The minimum absolute atomic E-state index is 0.169. The first-order chi connectivity index (χ1) is 15.6. The highest BCUT2D eigenvalue weighted by Gasteiger charge is 2.31. The highest BCUT2D eigenvalue weighted by Crippen LogP contribution is 2.23. The average molecular weight is 434 g/mol. The van der Waals surface area contributed by atoms with Gasteiger partial charge >= 0.3 is 5.97 Å². The van der Waals surface area contributed by atoms with Crippen LogP contribution >= 0.6 is 0 Å². The van der Waals surface area contributed by atoms with Crippen LogP contribution < -0.4 is 5.32 Å². The van der Waals surface area contributed by atoms with Gasteiger partial charge in [0.2, 0.25) is 5.91 Å². The van der Waals surface area contributed by atoms with Crippen molar-refractivity contribution in [1.29, 1.82) is 0 Å². The largest absolute Gasteiger partial charge is 0.465 e. The van der Waals surface area contributed by atoms with E-state index in [0.29, 0.717) is 25.1 Å². The normalized spacial score (nSPS) is 15.8. The van der Waals surface area contributed by atoms with Crippen molar-refractivity contribution in [3.63, 3.8) is 0 Å². The van der Waals surface area contributed by atoms with Gasteiger partial charge < -0.3 is 15.0 Å². The van der Waals surface area contributed by atoms with Crippen LogP contribution in [0.5, 0.6) is 0 Å².